The number of carbonyl (C=O) groups excluding carboxylic acids is 2. The van der Waals surface area contributed by atoms with Crippen LogP contribution >= 0.6 is 0 Å². The fourth-order valence-corrected chi connectivity index (χ4v) is 2.73. The minimum absolute atomic E-state index is 0.0446. The Morgan fingerprint density at radius 1 is 1.10 bits per heavy atom. The molecule has 0 unspecified atom stereocenters. The molecule has 0 radical (unpaired) electrons. The van der Waals surface area contributed by atoms with Crippen LogP contribution in [0.3, 0.4) is 0 Å². The van der Waals surface area contributed by atoms with E-state index in [2.05, 4.69) is 20.6 Å². The Morgan fingerprint density at radius 2 is 1.81 bits per heavy atom. The fraction of sp³-hybridized carbons (Fsp3) is 0.0476. The topological polar surface area (TPSA) is 171 Å². The molecule has 3 rings (SSSR count). The summed E-state index contributed by atoms with van der Waals surface area (Å²) >= 11 is 0. The van der Waals surface area contributed by atoms with Crippen molar-refractivity contribution < 1.29 is 19.5 Å². The highest BCUT2D eigenvalue weighted by Gasteiger charge is 2.11. The highest BCUT2D eigenvalue weighted by Crippen LogP contribution is 2.18. The molecule has 31 heavy (non-hydrogen) atoms. The number of pyridine rings is 1. The van der Waals surface area contributed by atoms with Crippen molar-refractivity contribution in [2.75, 3.05) is 17.2 Å². The predicted octanol–water partition coefficient (Wildman–Crippen LogP) is 1.87. The molecule has 1 aromatic heterocycles. The molecule has 1 heterocycles. The Balaban J connectivity index is 1.67. The van der Waals surface area contributed by atoms with Crippen molar-refractivity contribution in [3.8, 4) is 0 Å². The molecule has 10 heteroatoms. The van der Waals surface area contributed by atoms with Crippen LogP contribution in [0.5, 0.6) is 0 Å². The number of carboxylic acid groups (broad SMARTS) is 1. The molecule has 2 amide bonds. The van der Waals surface area contributed by atoms with Crippen LogP contribution in [0.1, 0.15) is 16.1 Å². The molecule has 156 valence electrons. The lowest BCUT2D eigenvalue weighted by molar-refractivity contribution is -0.129. The number of anilines is 2. The summed E-state index contributed by atoms with van der Waals surface area (Å²) in [6.07, 6.45) is 1.72. The van der Waals surface area contributed by atoms with Crippen molar-refractivity contribution >= 4 is 52.0 Å². The summed E-state index contributed by atoms with van der Waals surface area (Å²) in [4.78, 5) is 41.3. The summed E-state index contributed by atoms with van der Waals surface area (Å²) < 4.78 is 0. The largest absolute Gasteiger partial charge is 0.477 e. The summed E-state index contributed by atoms with van der Waals surface area (Å²) in [7, 11) is 0. The van der Waals surface area contributed by atoms with Gasteiger partial charge >= 0.3 is 5.97 Å². The molecule has 0 fully saturated rings. The van der Waals surface area contributed by atoms with Crippen LogP contribution in [0.2, 0.25) is 0 Å². The number of nitrogens with zero attached hydrogens (tertiary/aromatic N) is 2. The first-order valence-corrected chi connectivity index (χ1v) is 9.00. The molecule has 0 aliphatic carbocycles. The van der Waals surface area contributed by atoms with Crippen molar-refractivity contribution in [1.29, 1.82) is 5.41 Å². The van der Waals surface area contributed by atoms with Crippen molar-refractivity contribution in [3.05, 3.63) is 66.0 Å². The number of benzene rings is 2. The molecule has 6 N–H and O–H groups in total. The van der Waals surface area contributed by atoms with Crippen LogP contribution < -0.4 is 16.4 Å². The third-order valence-electron chi connectivity index (χ3n) is 4.32. The Bertz CT molecular complexity index is 1200. The molecule has 0 bridgehead atoms. The standard InChI is InChI=1S/C21H18N6O4/c22-19(23)13-2-1-12-8-17(25-9-14(12)7-13)20(29)27-16-5-3-15(4-6-16)24-10-18(21(30)31)26-11-28/h1-9,11,24H,10H2,(H3,22,23)(H,27,29)(H,30,31). The van der Waals surface area contributed by atoms with E-state index in [1.54, 1.807) is 54.7 Å². The summed E-state index contributed by atoms with van der Waals surface area (Å²) in [6, 6.07) is 13.4. The lowest BCUT2D eigenvalue weighted by Gasteiger charge is -2.09. The van der Waals surface area contributed by atoms with E-state index in [1.165, 1.54) is 0 Å². The van der Waals surface area contributed by atoms with E-state index in [4.69, 9.17) is 16.2 Å². The van der Waals surface area contributed by atoms with Crippen molar-refractivity contribution in [2.24, 2.45) is 10.7 Å². The number of rotatable bonds is 8. The fourth-order valence-electron chi connectivity index (χ4n) is 2.73. The van der Waals surface area contributed by atoms with Gasteiger partial charge in [0.25, 0.3) is 5.91 Å². The number of hydrogen-bond donors (Lipinski definition) is 5. The molecule has 10 nitrogen and oxygen atoms in total. The van der Waals surface area contributed by atoms with Gasteiger partial charge in [0, 0.05) is 28.5 Å². The van der Waals surface area contributed by atoms with E-state index >= 15 is 0 Å². The summed E-state index contributed by atoms with van der Waals surface area (Å²) in [5, 5.41) is 23.6. The number of nitrogens with one attached hydrogen (secondary N) is 3. The summed E-state index contributed by atoms with van der Waals surface area (Å²) in [6.45, 7) is -0.133. The van der Waals surface area contributed by atoms with Crippen LogP contribution in [0.4, 0.5) is 11.4 Å². The van der Waals surface area contributed by atoms with Crippen molar-refractivity contribution in [2.45, 2.75) is 0 Å². The SMILES string of the molecule is N=C(N)c1ccc2cc(C(=O)Nc3ccc(NCC(=NC=O)C(=O)O)cc3)ncc2c1. The molecular weight excluding hydrogens is 400 g/mol. The quantitative estimate of drug-likeness (QED) is 0.211. The number of hydrogen-bond acceptors (Lipinski definition) is 6. The Hall–Kier alpha value is -4.60. The van der Waals surface area contributed by atoms with Gasteiger partial charge in [-0.2, -0.15) is 0 Å². The normalized spacial score (nSPS) is 11.0. The van der Waals surface area contributed by atoms with Crippen molar-refractivity contribution in [3.63, 3.8) is 0 Å². The lowest BCUT2D eigenvalue weighted by Crippen LogP contribution is -2.23. The van der Waals surface area contributed by atoms with E-state index in [0.717, 1.165) is 10.8 Å². The molecule has 0 aliphatic rings. The number of amides is 2. The van der Waals surface area contributed by atoms with E-state index in [9.17, 15) is 14.4 Å². The van der Waals surface area contributed by atoms with E-state index < -0.39 is 11.9 Å². The first-order valence-electron chi connectivity index (χ1n) is 9.00. The second kappa shape index (κ2) is 9.27. The van der Waals surface area contributed by atoms with Gasteiger partial charge in [-0.1, -0.05) is 12.1 Å². The van der Waals surface area contributed by atoms with Crippen molar-refractivity contribution in [1.82, 2.24) is 4.98 Å². The number of aliphatic imine (C=N–C) groups is 1. The molecule has 0 spiro atoms. The average molecular weight is 418 g/mol. The van der Waals surface area contributed by atoms with E-state index in [-0.39, 0.29) is 30.2 Å². The smallest absolute Gasteiger partial charge is 0.352 e. The van der Waals surface area contributed by atoms with Crippen LogP contribution in [-0.4, -0.2) is 46.5 Å². The van der Waals surface area contributed by atoms with Gasteiger partial charge in [-0.15, -0.1) is 0 Å². The zero-order valence-electron chi connectivity index (χ0n) is 16.1. The minimum atomic E-state index is -1.29. The third-order valence-corrected chi connectivity index (χ3v) is 4.32. The van der Waals surface area contributed by atoms with E-state index in [0.29, 0.717) is 16.9 Å². The van der Waals surface area contributed by atoms with Gasteiger partial charge in [0.1, 0.15) is 17.2 Å². The Kier molecular flexibility index (Phi) is 6.31. The zero-order valence-corrected chi connectivity index (χ0v) is 16.1. The van der Waals surface area contributed by atoms with Crippen LogP contribution in [-0.2, 0) is 9.59 Å². The van der Waals surface area contributed by atoms with Gasteiger partial charge in [0.15, 0.2) is 0 Å². The van der Waals surface area contributed by atoms with Crippen LogP contribution in [0.25, 0.3) is 10.8 Å². The number of carboxylic acids is 1. The highest BCUT2D eigenvalue weighted by atomic mass is 16.4. The third kappa shape index (κ3) is 5.26. The molecule has 3 aromatic rings. The predicted molar refractivity (Wildman–Crippen MR) is 117 cm³/mol. The lowest BCUT2D eigenvalue weighted by atomic mass is 10.1. The number of aromatic nitrogens is 1. The van der Waals surface area contributed by atoms with Gasteiger partial charge in [0.2, 0.25) is 6.41 Å². The second-order valence-electron chi connectivity index (χ2n) is 6.42. The number of amidine groups is 1. The number of fused-ring (bicyclic) bond motifs is 1. The molecule has 0 aliphatic heterocycles. The van der Waals surface area contributed by atoms with Gasteiger partial charge in [-0.3, -0.25) is 20.0 Å². The number of nitrogen functional groups attached to an aromatic ring is 1. The van der Waals surface area contributed by atoms with Gasteiger partial charge in [0.05, 0.1) is 6.54 Å². The second-order valence-corrected chi connectivity index (χ2v) is 6.42. The average Bonchev–Trinajstić information content (AvgIpc) is 2.76. The van der Waals surface area contributed by atoms with Crippen LogP contribution in [0.15, 0.2) is 59.7 Å². The Morgan fingerprint density at radius 3 is 2.45 bits per heavy atom. The zero-order chi connectivity index (χ0) is 22.4. The summed E-state index contributed by atoms with van der Waals surface area (Å²) in [5.41, 5.74) is 7.08. The molecule has 0 saturated heterocycles. The number of aliphatic carboxylic acids is 1. The van der Waals surface area contributed by atoms with E-state index in [1.807, 2.05) is 0 Å². The highest BCUT2D eigenvalue weighted by molar-refractivity contribution is 6.38. The maximum absolute atomic E-state index is 12.5. The number of nitrogens with two attached hydrogens (primary N) is 1. The first kappa shape index (κ1) is 21.1. The van der Waals surface area contributed by atoms with Gasteiger partial charge in [-0.05, 0) is 41.8 Å². The molecule has 0 atom stereocenters. The first-order chi connectivity index (χ1) is 14.9. The van der Waals surface area contributed by atoms with Crippen LogP contribution in [0, 0.1) is 5.41 Å². The van der Waals surface area contributed by atoms with Gasteiger partial charge in [-0.25, -0.2) is 9.79 Å². The minimum Gasteiger partial charge on any atom is -0.477 e. The van der Waals surface area contributed by atoms with Gasteiger partial charge < -0.3 is 21.5 Å². The molecule has 2 aromatic carbocycles. The molecule has 0 saturated carbocycles. The molecular formula is C21H18N6O4. The maximum atomic E-state index is 12.5. The maximum Gasteiger partial charge on any atom is 0.352 e. The number of carbonyl (C=O) groups is 3. The Labute approximate surface area is 176 Å². The summed E-state index contributed by atoms with van der Waals surface area (Å²) in [5.74, 6) is -1.73. The monoisotopic (exact) mass is 418 g/mol.